The van der Waals surface area contributed by atoms with Crippen molar-refractivity contribution >= 4 is 27.5 Å². The van der Waals surface area contributed by atoms with E-state index in [1.54, 1.807) is 6.92 Å². The van der Waals surface area contributed by atoms with E-state index < -0.39 is 10.0 Å². The van der Waals surface area contributed by atoms with Crippen LogP contribution in [0.5, 0.6) is 0 Å². The second kappa shape index (κ2) is 6.83. The van der Waals surface area contributed by atoms with E-state index in [0.29, 0.717) is 5.69 Å². The van der Waals surface area contributed by atoms with Crippen LogP contribution >= 0.6 is 11.8 Å². The lowest BCUT2D eigenvalue weighted by molar-refractivity contribution is 0.294. The zero-order chi connectivity index (χ0) is 14.6. The molecular weight excluding hydrogens is 292 g/mol. The minimum absolute atomic E-state index is 0.0969. The smallest absolute Gasteiger partial charge is 0.232 e. The highest BCUT2D eigenvalue weighted by molar-refractivity contribution is 7.99. The summed E-state index contributed by atoms with van der Waals surface area (Å²) in [5, 5.41) is 0. The molecule has 1 aromatic rings. The quantitative estimate of drug-likeness (QED) is 0.906. The number of nitrogens with zero attached hydrogens (tertiary/aromatic N) is 1. The molecule has 0 unspecified atom stereocenters. The van der Waals surface area contributed by atoms with Crippen LogP contribution in [0.2, 0.25) is 0 Å². The van der Waals surface area contributed by atoms with Crippen LogP contribution in [0.25, 0.3) is 0 Å². The van der Waals surface area contributed by atoms with Gasteiger partial charge in [-0.1, -0.05) is 12.1 Å². The summed E-state index contributed by atoms with van der Waals surface area (Å²) in [6, 6.07) is 5.97. The number of nitrogens with one attached hydrogen (secondary N) is 1. The van der Waals surface area contributed by atoms with Crippen LogP contribution in [-0.2, 0) is 16.6 Å². The first kappa shape index (κ1) is 15.7. The lowest BCUT2D eigenvalue weighted by Gasteiger charge is -2.26. The topological polar surface area (TPSA) is 49.4 Å². The van der Waals surface area contributed by atoms with Crippen molar-refractivity contribution < 1.29 is 8.42 Å². The Morgan fingerprint density at radius 2 is 2.00 bits per heavy atom. The predicted molar refractivity (Wildman–Crippen MR) is 86.9 cm³/mol. The first-order chi connectivity index (χ1) is 9.50. The molecule has 4 nitrogen and oxygen atoms in total. The minimum Gasteiger partial charge on any atom is -0.297 e. The molecule has 0 saturated carbocycles. The number of anilines is 1. The van der Waals surface area contributed by atoms with Crippen molar-refractivity contribution in [1.29, 1.82) is 0 Å². The number of thioether (sulfide) groups is 1. The lowest BCUT2D eigenvalue weighted by Crippen LogP contribution is -2.31. The Balaban J connectivity index is 2.05. The monoisotopic (exact) mass is 314 g/mol. The molecule has 1 heterocycles. The Hall–Kier alpha value is -0.720. The molecule has 1 aromatic carbocycles. The van der Waals surface area contributed by atoms with E-state index >= 15 is 0 Å². The van der Waals surface area contributed by atoms with Gasteiger partial charge in [-0.05, 0) is 31.0 Å². The number of hydrogen-bond acceptors (Lipinski definition) is 4. The zero-order valence-electron chi connectivity index (χ0n) is 12.1. The van der Waals surface area contributed by atoms with Crippen LogP contribution in [-0.4, -0.2) is 43.7 Å². The summed E-state index contributed by atoms with van der Waals surface area (Å²) in [5.74, 6) is 2.50. The van der Waals surface area contributed by atoms with Crippen molar-refractivity contribution in [3.05, 3.63) is 29.3 Å². The molecule has 1 saturated heterocycles. The van der Waals surface area contributed by atoms with Gasteiger partial charge in [0.25, 0.3) is 0 Å². The van der Waals surface area contributed by atoms with Gasteiger partial charge in [0.15, 0.2) is 0 Å². The van der Waals surface area contributed by atoms with Crippen molar-refractivity contribution in [2.24, 2.45) is 0 Å². The number of aryl methyl sites for hydroxylation is 1. The summed E-state index contributed by atoms with van der Waals surface area (Å²) in [5.41, 5.74) is 2.91. The molecule has 20 heavy (non-hydrogen) atoms. The largest absolute Gasteiger partial charge is 0.297 e. The number of hydrogen-bond donors (Lipinski definition) is 1. The van der Waals surface area contributed by atoms with Crippen LogP contribution in [0, 0.1) is 6.92 Å². The minimum atomic E-state index is -3.20. The SMILES string of the molecule is CCS(=O)(=O)Nc1ccc(CN2CCSCC2)cc1C. The molecule has 0 bridgehead atoms. The zero-order valence-corrected chi connectivity index (χ0v) is 13.7. The molecule has 0 atom stereocenters. The lowest BCUT2D eigenvalue weighted by atomic mass is 10.1. The summed E-state index contributed by atoms with van der Waals surface area (Å²) in [7, 11) is -3.20. The molecule has 1 N–H and O–H groups in total. The molecule has 2 rings (SSSR count). The first-order valence-electron chi connectivity index (χ1n) is 6.90. The molecular formula is C14H22N2O2S2. The van der Waals surface area contributed by atoms with E-state index in [-0.39, 0.29) is 5.75 Å². The van der Waals surface area contributed by atoms with Crippen molar-refractivity contribution in [3.63, 3.8) is 0 Å². The van der Waals surface area contributed by atoms with Gasteiger partial charge >= 0.3 is 0 Å². The van der Waals surface area contributed by atoms with E-state index in [9.17, 15) is 8.42 Å². The van der Waals surface area contributed by atoms with Gasteiger partial charge in [-0.3, -0.25) is 9.62 Å². The molecule has 1 fully saturated rings. The van der Waals surface area contributed by atoms with Gasteiger partial charge in [-0.25, -0.2) is 8.42 Å². The Morgan fingerprint density at radius 3 is 2.60 bits per heavy atom. The Morgan fingerprint density at radius 1 is 1.30 bits per heavy atom. The molecule has 112 valence electrons. The van der Waals surface area contributed by atoms with Crippen molar-refractivity contribution in [2.45, 2.75) is 20.4 Å². The van der Waals surface area contributed by atoms with E-state index in [1.807, 2.05) is 30.8 Å². The van der Waals surface area contributed by atoms with Gasteiger partial charge in [0.05, 0.1) is 11.4 Å². The third kappa shape index (κ3) is 4.40. The van der Waals surface area contributed by atoms with Crippen LogP contribution in [0.4, 0.5) is 5.69 Å². The summed E-state index contributed by atoms with van der Waals surface area (Å²) in [6.45, 7) is 6.80. The number of benzene rings is 1. The maximum Gasteiger partial charge on any atom is 0.232 e. The Bertz CT molecular complexity index is 552. The van der Waals surface area contributed by atoms with Gasteiger partial charge in [-0.15, -0.1) is 0 Å². The standard InChI is InChI=1S/C14H22N2O2S2/c1-3-20(17,18)15-14-5-4-13(10-12(14)2)11-16-6-8-19-9-7-16/h4-5,10,15H,3,6-9,11H2,1-2H3. The van der Waals surface area contributed by atoms with Crippen LogP contribution in [0.3, 0.4) is 0 Å². The van der Waals surface area contributed by atoms with E-state index in [2.05, 4.69) is 15.7 Å². The van der Waals surface area contributed by atoms with Gasteiger partial charge in [0.1, 0.15) is 0 Å². The summed E-state index contributed by atoms with van der Waals surface area (Å²) >= 11 is 2.01. The molecule has 0 amide bonds. The van der Waals surface area contributed by atoms with Gasteiger partial charge < -0.3 is 0 Å². The van der Waals surface area contributed by atoms with Crippen molar-refractivity contribution in [3.8, 4) is 0 Å². The average Bonchev–Trinajstić information content (AvgIpc) is 2.43. The molecule has 6 heteroatoms. The van der Waals surface area contributed by atoms with E-state index in [1.165, 1.54) is 17.1 Å². The third-order valence-electron chi connectivity index (χ3n) is 3.45. The van der Waals surface area contributed by atoms with Gasteiger partial charge in [0, 0.05) is 31.1 Å². The second-order valence-corrected chi connectivity index (χ2v) is 8.28. The molecule has 0 spiro atoms. The van der Waals surface area contributed by atoms with Gasteiger partial charge in [0.2, 0.25) is 10.0 Å². The van der Waals surface area contributed by atoms with Crippen LogP contribution in [0.15, 0.2) is 18.2 Å². The molecule has 0 aliphatic carbocycles. The Kier molecular flexibility index (Phi) is 5.35. The third-order valence-corrected chi connectivity index (χ3v) is 5.68. The number of rotatable bonds is 5. The number of sulfonamides is 1. The summed E-state index contributed by atoms with van der Waals surface area (Å²) in [6.07, 6.45) is 0. The van der Waals surface area contributed by atoms with Crippen LogP contribution < -0.4 is 4.72 Å². The molecule has 0 aromatic heterocycles. The maximum absolute atomic E-state index is 11.6. The molecule has 1 aliphatic heterocycles. The fraction of sp³-hybridized carbons (Fsp3) is 0.571. The van der Waals surface area contributed by atoms with Crippen LogP contribution in [0.1, 0.15) is 18.1 Å². The highest BCUT2D eigenvalue weighted by atomic mass is 32.2. The normalized spacial score (nSPS) is 17.1. The fourth-order valence-corrected chi connectivity index (χ4v) is 3.88. The second-order valence-electron chi connectivity index (χ2n) is 5.04. The highest BCUT2D eigenvalue weighted by Gasteiger charge is 2.12. The van der Waals surface area contributed by atoms with E-state index in [0.717, 1.165) is 25.2 Å². The highest BCUT2D eigenvalue weighted by Crippen LogP contribution is 2.20. The predicted octanol–water partition coefficient (Wildman–Crippen LogP) is 2.31. The average molecular weight is 314 g/mol. The summed E-state index contributed by atoms with van der Waals surface area (Å²) in [4.78, 5) is 2.45. The van der Waals surface area contributed by atoms with Crippen molar-refractivity contribution in [1.82, 2.24) is 4.90 Å². The molecule has 1 aliphatic rings. The maximum atomic E-state index is 11.6. The fourth-order valence-electron chi connectivity index (χ4n) is 2.20. The Labute approximate surface area is 126 Å². The molecule has 0 radical (unpaired) electrons. The van der Waals surface area contributed by atoms with E-state index in [4.69, 9.17) is 0 Å². The van der Waals surface area contributed by atoms with Crippen molar-refractivity contribution in [2.75, 3.05) is 35.1 Å². The first-order valence-corrected chi connectivity index (χ1v) is 9.71. The summed E-state index contributed by atoms with van der Waals surface area (Å²) < 4.78 is 25.8. The van der Waals surface area contributed by atoms with Gasteiger partial charge in [-0.2, -0.15) is 11.8 Å².